The number of nitrogens with two attached hydrogens (primary N) is 1. The first-order valence-corrected chi connectivity index (χ1v) is 9.49. The zero-order valence-electron chi connectivity index (χ0n) is 11.6. The summed E-state index contributed by atoms with van der Waals surface area (Å²) in [4.78, 5) is 0.227. The van der Waals surface area contributed by atoms with Gasteiger partial charge in [0.2, 0.25) is 0 Å². The summed E-state index contributed by atoms with van der Waals surface area (Å²) < 4.78 is 28.2. The number of hydrogen-bond donors (Lipinski definition) is 1. The van der Waals surface area contributed by atoms with Crippen LogP contribution in [0.15, 0.2) is 32.0 Å². The molecule has 0 atom stereocenters. The first-order chi connectivity index (χ1) is 9.76. The fourth-order valence-electron chi connectivity index (χ4n) is 2.03. The predicted molar refractivity (Wildman–Crippen MR) is 89.8 cm³/mol. The highest BCUT2D eigenvalue weighted by molar-refractivity contribution is 9.10. The van der Waals surface area contributed by atoms with E-state index in [0.29, 0.717) is 22.4 Å². The van der Waals surface area contributed by atoms with E-state index in [-0.39, 0.29) is 10.6 Å². The van der Waals surface area contributed by atoms with Crippen molar-refractivity contribution < 1.29 is 8.42 Å². The average Bonchev–Trinajstić information content (AvgIpc) is 2.65. The molecule has 21 heavy (non-hydrogen) atoms. The molecule has 1 heterocycles. The number of hydrogen-bond acceptors (Lipinski definition) is 4. The minimum Gasteiger partial charge on any atom is -0.399 e. The van der Waals surface area contributed by atoms with Crippen LogP contribution in [-0.2, 0) is 22.1 Å². The first-order valence-electron chi connectivity index (χ1n) is 6.25. The van der Waals surface area contributed by atoms with E-state index in [0.717, 1.165) is 10.2 Å². The van der Waals surface area contributed by atoms with Gasteiger partial charge in [0.1, 0.15) is 0 Å². The lowest BCUT2D eigenvalue weighted by Gasteiger charge is -2.09. The van der Waals surface area contributed by atoms with Crippen molar-refractivity contribution in [1.29, 1.82) is 0 Å². The van der Waals surface area contributed by atoms with Gasteiger partial charge in [-0.05, 0) is 63.9 Å². The summed E-state index contributed by atoms with van der Waals surface area (Å²) in [5, 5.41) is 4.32. The number of nitrogen functional groups attached to an aromatic ring is 1. The molecule has 0 bridgehead atoms. The molecule has 0 aliphatic heterocycles. The molecule has 0 spiro atoms. The monoisotopic (exact) mass is 435 g/mol. The predicted octanol–water partition coefficient (Wildman–Crippen LogP) is 3.29. The van der Waals surface area contributed by atoms with Gasteiger partial charge in [0.25, 0.3) is 0 Å². The Labute approximate surface area is 140 Å². The van der Waals surface area contributed by atoms with Crippen molar-refractivity contribution in [2.45, 2.75) is 31.0 Å². The second kappa shape index (κ2) is 6.10. The largest absolute Gasteiger partial charge is 0.399 e. The Bertz CT molecular complexity index is 785. The molecule has 2 aromatic rings. The number of aryl methyl sites for hydroxylation is 2. The number of rotatable bonds is 4. The zero-order valence-corrected chi connectivity index (χ0v) is 15.6. The molecule has 8 heteroatoms. The van der Waals surface area contributed by atoms with Crippen molar-refractivity contribution in [1.82, 2.24) is 9.78 Å². The second-order valence-electron chi connectivity index (χ2n) is 4.61. The van der Waals surface area contributed by atoms with Crippen LogP contribution in [0.1, 0.15) is 18.3 Å². The number of halogens is 2. The van der Waals surface area contributed by atoms with Crippen molar-refractivity contribution in [2.24, 2.45) is 0 Å². The lowest BCUT2D eigenvalue weighted by molar-refractivity contribution is 0.585. The molecule has 1 aromatic heterocycles. The number of sulfone groups is 1. The maximum atomic E-state index is 12.6. The molecule has 0 amide bonds. The molecule has 0 fully saturated rings. The van der Waals surface area contributed by atoms with Gasteiger partial charge in [-0.2, -0.15) is 5.10 Å². The Morgan fingerprint density at radius 2 is 2.00 bits per heavy atom. The van der Waals surface area contributed by atoms with Gasteiger partial charge >= 0.3 is 0 Å². The van der Waals surface area contributed by atoms with Crippen molar-refractivity contribution in [2.75, 3.05) is 5.73 Å². The minimum atomic E-state index is -3.50. The van der Waals surface area contributed by atoms with Crippen LogP contribution >= 0.6 is 31.9 Å². The molecule has 2 rings (SSSR count). The molecule has 0 saturated heterocycles. The number of benzene rings is 1. The van der Waals surface area contributed by atoms with Gasteiger partial charge in [-0.25, -0.2) is 8.42 Å². The summed E-state index contributed by atoms with van der Waals surface area (Å²) in [6.07, 6.45) is 0. The van der Waals surface area contributed by atoms with Crippen LogP contribution in [0.3, 0.4) is 0 Å². The fourth-order valence-corrected chi connectivity index (χ4v) is 5.22. The highest BCUT2D eigenvalue weighted by atomic mass is 79.9. The van der Waals surface area contributed by atoms with Gasteiger partial charge in [0, 0.05) is 16.7 Å². The van der Waals surface area contributed by atoms with E-state index in [2.05, 4.69) is 37.0 Å². The van der Waals surface area contributed by atoms with Crippen LogP contribution in [0.4, 0.5) is 5.69 Å². The quantitative estimate of drug-likeness (QED) is 0.745. The average molecular weight is 437 g/mol. The number of nitrogens with zero attached hydrogens (tertiary/aromatic N) is 2. The Morgan fingerprint density at radius 1 is 1.33 bits per heavy atom. The highest BCUT2D eigenvalue weighted by Gasteiger charge is 2.23. The molecular weight excluding hydrogens is 422 g/mol. The van der Waals surface area contributed by atoms with E-state index in [1.165, 1.54) is 6.07 Å². The van der Waals surface area contributed by atoms with E-state index in [9.17, 15) is 8.42 Å². The van der Waals surface area contributed by atoms with E-state index in [1.807, 2.05) is 13.8 Å². The summed E-state index contributed by atoms with van der Waals surface area (Å²) >= 11 is 6.68. The summed E-state index contributed by atoms with van der Waals surface area (Å²) in [6.45, 7) is 4.37. The summed E-state index contributed by atoms with van der Waals surface area (Å²) in [6, 6.07) is 4.68. The third-order valence-corrected chi connectivity index (χ3v) is 6.70. The van der Waals surface area contributed by atoms with Crippen molar-refractivity contribution in [3.8, 4) is 0 Å². The molecule has 114 valence electrons. The Hall–Kier alpha value is -0.860. The van der Waals surface area contributed by atoms with Gasteiger partial charge in [0.15, 0.2) is 9.84 Å². The van der Waals surface area contributed by atoms with Crippen LogP contribution in [0.5, 0.6) is 0 Å². The van der Waals surface area contributed by atoms with E-state index in [1.54, 1.807) is 16.8 Å². The van der Waals surface area contributed by atoms with Crippen molar-refractivity contribution in [3.63, 3.8) is 0 Å². The van der Waals surface area contributed by atoms with Gasteiger partial charge in [-0.15, -0.1) is 0 Å². The lowest BCUT2D eigenvalue weighted by Crippen LogP contribution is -2.11. The SMILES string of the molecule is CCn1nc(C)c(Br)c1CS(=O)(=O)c1ccc(N)cc1Br. The van der Waals surface area contributed by atoms with E-state index < -0.39 is 9.84 Å². The van der Waals surface area contributed by atoms with Crippen LogP contribution in [0.25, 0.3) is 0 Å². The maximum Gasteiger partial charge on any atom is 0.185 e. The standard InChI is InChI=1S/C13H15Br2N3O2S/c1-3-18-11(13(15)8(2)17-18)7-21(19,20)12-5-4-9(16)6-10(12)14/h4-6H,3,7,16H2,1-2H3. The van der Waals surface area contributed by atoms with Crippen molar-refractivity contribution in [3.05, 3.63) is 38.5 Å². The molecule has 1 aromatic carbocycles. The second-order valence-corrected chi connectivity index (χ2v) is 8.22. The van der Waals surface area contributed by atoms with Gasteiger partial charge < -0.3 is 5.73 Å². The van der Waals surface area contributed by atoms with E-state index >= 15 is 0 Å². The summed E-state index contributed by atoms with van der Waals surface area (Å²) in [5.41, 5.74) is 7.59. The number of aromatic nitrogens is 2. The molecule has 0 radical (unpaired) electrons. The van der Waals surface area contributed by atoms with Crippen molar-refractivity contribution >= 4 is 47.4 Å². The number of anilines is 1. The van der Waals surface area contributed by atoms with Gasteiger partial charge in [-0.1, -0.05) is 0 Å². The maximum absolute atomic E-state index is 12.6. The Balaban J connectivity index is 2.47. The molecule has 2 N–H and O–H groups in total. The minimum absolute atomic E-state index is 0.120. The third-order valence-electron chi connectivity index (χ3n) is 3.07. The Kier molecular flexibility index (Phi) is 4.79. The normalized spacial score (nSPS) is 11.8. The first kappa shape index (κ1) is 16.5. The van der Waals surface area contributed by atoms with Gasteiger partial charge in [-0.3, -0.25) is 4.68 Å². The topological polar surface area (TPSA) is 78.0 Å². The molecule has 5 nitrogen and oxygen atoms in total. The summed E-state index contributed by atoms with van der Waals surface area (Å²) in [5.74, 6) is -0.120. The van der Waals surface area contributed by atoms with E-state index in [4.69, 9.17) is 5.73 Å². The molecule has 0 aliphatic rings. The third kappa shape index (κ3) is 3.32. The smallest absolute Gasteiger partial charge is 0.185 e. The van der Waals surface area contributed by atoms with Crippen LogP contribution in [0, 0.1) is 6.92 Å². The zero-order chi connectivity index (χ0) is 15.8. The lowest BCUT2D eigenvalue weighted by atomic mass is 10.3. The van der Waals surface area contributed by atoms with Crippen LogP contribution in [-0.4, -0.2) is 18.2 Å². The Morgan fingerprint density at radius 3 is 2.57 bits per heavy atom. The van der Waals surface area contributed by atoms with Gasteiger partial charge in [0.05, 0.1) is 26.5 Å². The fraction of sp³-hybridized carbons (Fsp3) is 0.308. The highest BCUT2D eigenvalue weighted by Crippen LogP contribution is 2.30. The molecule has 0 aliphatic carbocycles. The molecule has 0 saturated carbocycles. The molecule has 0 unspecified atom stereocenters. The summed E-state index contributed by atoms with van der Waals surface area (Å²) in [7, 11) is -3.50. The molecular formula is C13H15Br2N3O2S. The van der Waals surface area contributed by atoms with Crippen LogP contribution < -0.4 is 5.73 Å². The van der Waals surface area contributed by atoms with Crippen LogP contribution in [0.2, 0.25) is 0 Å².